The molecule has 0 spiro atoms. The predicted octanol–water partition coefficient (Wildman–Crippen LogP) is 0.995. The molecule has 5 heteroatoms. The lowest BCUT2D eigenvalue weighted by Crippen LogP contribution is -2.21. The second kappa shape index (κ2) is 8.11. The van der Waals surface area contributed by atoms with Crippen molar-refractivity contribution >= 4 is 0 Å². The van der Waals surface area contributed by atoms with E-state index >= 15 is 0 Å². The average molecular weight is 254 g/mol. The first-order valence-corrected chi connectivity index (χ1v) is 6.63. The molecule has 0 aliphatic heterocycles. The molecule has 0 radical (unpaired) electrons. The van der Waals surface area contributed by atoms with E-state index in [0.29, 0.717) is 0 Å². The molecule has 0 bridgehead atoms. The Kier molecular flexibility index (Phi) is 6.75. The maximum Gasteiger partial charge on any atom is 0.159 e. The molecule has 0 fully saturated rings. The summed E-state index contributed by atoms with van der Waals surface area (Å²) in [5, 5.41) is 7.74. The van der Waals surface area contributed by atoms with Gasteiger partial charge < -0.3 is 15.0 Å². The highest BCUT2D eigenvalue weighted by Crippen LogP contribution is 2.18. The Morgan fingerprint density at radius 3 is 2.83 bits per heavy atom. The van der Waals surface area contributed by atoms with Crippen LogP contribution < -0.4 is 10.1 Å². The molecule has 0 saturated heterocycles. The van der Waals surface area contributed by atoms with Gasteiger partial charge in [0.05, 0.1) is 25.5 Å². The molecule has 1 aromatic rings. The lowest BCUT2D eigenvalue weighted by atomic mass is 10.2. The standard InChI is InChI=1S/C13H26N4O/c1-5-14-8-6-7-12-13(18-4)11-15-17(12)10-9-16(2)3/h11,14H,5-10H2,1-4H3. The second-order valence-electron chi connectivity index (χ2n) is 4.64. The molecule has 1 N–H and O–H groups in total. The van der Waals surface area contributed by atoms with Gasteiger partial charge in [-0.1, -0.05) is 6.92 Å². The Balaban J connectivity index is 2.57. The second-order valence-corrected chi connectivity index (χ2v) is 4.64. The predicted molar refractivity (Wildman–Crippen MR) is 74.2 cm³/mol. The van der Waals surface area contributed by atoms with E-state index in [9.17, 15) is 0 Å². The van der Waals surface area contributed by atoms with Gasteiger partial charge in [0.25, 0.3) is 0 Å². The zero-order chi connectivity index (χ0) is 13.4. The first-order chi connectivity index (χ1) is 8.69. The summed E-state index contributed by atoms with van der Waals surface area (Å²) in [7, 11) is 5.86. The normalized spacial score (nSPS) is 11.2. The van der Waals surface area contributed by atoms with Crippen LogP contribution in [0, 0.1) is 0 Å². The van der Waals surface area contributed by atoms with Gasteiger partial charge in [-0.3, -0.25) is 4.68 Å². The van der Waals surface area contributed by atoms with Crippen LogP contribution in [0.2, 0.25) is 0 Å². The maximum absolute atomic E-state index is 5.37. The van der Waals surface area contributed by atoms with Gasteiger partial charge in [0.15, 0.2) is 5.75 Å². The average Bonchev–Trinajstić information content (AvgIpc) is 2.74. The van der Waals surface area contributed by atoms with Crippen molar-refractivity contribution in [2.24, 2.45) is 0 Å². The lowest BCUT2D eigenvalue weighted by molar-refractivity contribution is 0.365. The molecular formula is C13H26N4O. The van der Waals surface area contributed by atoms with E-state index in [-0.39, 0.29) is 0 Å². The molecule has 18 heavy (non-hydrogen) atoms. The van der Waals surface area contributed by atoms with Crippen LogP contribution in [0.15, 0.2) is 6.20 Å². The molecule has 0 atom stereocenters. The van der Waals surface area contributed by atoms with E-state index < -0.39 is 0 Å². The van der Waals surface area contributed by atoms with Crippen molar-refractivity contribution < 1.29 is 4.74 Å². The lowest BCUT2D eigenvalue weighted by Gasteiger charge is -2.12. The number of aromatic nitrogens is 2. The van der Waals surface area contributed by atoms with Crippen molar-refractivity contribution in [3.05, 3.63) is 11.9 Å². The van der Waals surface area contributed by atoms with Crippen LogP contribution in [0.1, 0.15) is 19.0 Å². The summed E-state index contributed by atoms with van der Waals surface area (Å²) >= 11 is 0. The largest absolute Gasteiger partial charge is 0.493 e. The smallest absolute Gasteiger partial charge is 0.159 e. The summed E-state index contributed by atoms with van der Waals surface area (Å²) in [6, 6.07) is 0. The highest BCUT2D eigenvalue weighted by Gasteiger charge is 2.10. The fraction of sp³-hybridized carbons (Fsp3) is 0.769. The van der Waals surface area contributed by atoms with Crippen molar-refractivity contribution in [2.75, 3.05) is 40.8 Å². The number of likely N-dealkylation sites (N-methyl/N-ethyl adjacent to an activating group) is 1. The zero-order valence-corrected chi connectivity index (χ0v) is 12.1. The van der Waals surface area contributed by atoms with Crippen LogP contribution in [0.3, 0.4) is 0 Å². The zero-order valence-electron chi connectivity index (χ0n) is 12.1. The van der Waals surface area contributed by atoms with E-state index in [1.54, 1.807) is 7.11 Å². The monoisotopic (exact) mass is 254 g/mol. The fourth-order valence-electron chi connectivity index (χ4n) is 1.86. The third-order valence-electron chi connectivity index (χ3n) is 2.91. The molecular weight excluding hydrogens is 228 g/mol. The number of methoxy groups -OCH3 is 1. The number of ether oxygens (including phenoxy) is 1. The first kappa shape index (κ1) is 15.0. The Hall–Kier alpha value is -1.07. The Bertz CT molecular complexity index is 336. The minimum Gasteiger partial charge on any atom is -0.493 e. The van der Waals surface area contributed by atoms with Gasteiger partial charge >= 0.3 is 0 Å². The number of nitrogens with zero attached hydrogens (tertiary/aromatic N) is 3. The molecule has 1 aromatic heterocycles. The Morgan fingerprint density at radius 2 is 2.22 bits per heavy atom. The van der Waals surface area contributed by atoms with Crippen LogP contribution in [-0.2, 0) is 13.0 Å². The maximum atomic E-state index is 5.37. The summed E-state index contributed by atoms with van der Waals surface area (Å²) < 4.78 is 7.43. The molecule has 1 rings (SSSR count). The van der Waals surface area contributed by atoms with Crippen LogP contribution >= 0.6 is 0 Å². The number of hydrogen-bond acceptors (Lipinski definition) is 4. The summed E-state index contributed by atoms with van der Waals surface area (Å²) in [5.41, 5.74) is 1.21. The summed E-state index contributed by atoms with van der Waals surface area (Å²) in [4.78, 5) is 2.16. The van der Waals surface area contributed by atoms with Crippen LogP contribution in [0.25, 0.3) is 0 Å². The molecule has 1 heterocycles. The van der Waals surface area contributed by atoms with Crippen LogP contribution in [0.4, 0.5) is 0 Å². The topological polar surface area (TPSA) is 42.3 Å². The fourth-order valence-corrected chi connectivity index (χ4v) is 1.86. The summed E-state index contributed by atoms with van der Waals surface area (Å²) in [5.74, 6) is 0.908. The highest BCUT2D eigenvalue weighted by molar-refractivity contribution is 5.25. The molecule has 0 amide bonds. The molecule has 0 aliphatic rings. The van der Waals surface area contributed by atoms with Gasteiger partial charge in [-0.2, -0.15) is 5.10 Å². The van der Waals surface area contributed by atoms with Gasteiger partial charge in [0.2, 0.25) is 0 Å². The van der Waals surface area contributed by atoms with Gasteiger partial charge in [-0.25, -0.2) is 0 Å². The number of rotatable bonds is 9. The van der Waals surface area contributed by atoms with E-state index in [2.05, 4.69) is 41.0 Å². The quantitative estimate of drug-likeness (QED) is 0.668. The van der Waals surface area contributed by atoms with Gasteiger partial charge in [-0.05, 0) is 40.0 Å². The molecule has 0 unspecified atom stereocenters. The summed E-state index contributed by atoms with van der Waals surface area (Å²) in [6.45, 7) is 6.09. The Morgan fingerprint density at radius 1 is 1.44 bits per heavy atom. The third kappa shape index (κ3) is 4.66. The van der Waals surface area contributed by atoms with Crippen LogP contribution in [0.5, 0.6) is 5.75 Å². The van der Waals surface area contributed by atoms with E-state index in [0.717, 1.165) is 44.8 Å². The summed E-state index contributed by atoms with van der Waals surface area (Å²) in [6.07, 6.45) is 3.93. The van der Waals surface area contributed by atoms with Crippen molar-refractivity contribution in [3.63, 3.8) is 0 Å². The van der Waals surface area contributed by atoms with E-state index in [1.807, 2.05) is 6.20 Å². The minimum atomic E-state index is 0.908. The van der Waals surface area contributed by atoms with Crippen molar-refractivity contribution in [1.82, 2.24) is 20.0 Å². The SMILES string of the molecule is CCNCCCc1c(OC)cnn1CCN(C)C. The van der Waals surface area contributed by atoms with Gasteiger partial charge in [0.1, 0.15) is 0 Å². The molecule has 104 valence electrons. The van der Waals surface area contributed by atoms with Gasteiger partial charge in [0, 0.05) is 6.54 Å². The first-order valence-electron chi connectivity index (χ1n) is 6.63. The van der Waals surface area contributed by atoms with Crippen LogP contribution in [-0.4, -0.2) is 55.5 Å². The number of hydrogen-bond donors (Lipinski definition) is 1. The third-order valence-corrected chi connectivity index (χ3v) is 2.91. The van der Waals surface area contributed by atoms with E-state index in [1.165, 1.54) is 5.69 Å². The minimum absolute atomic E-state index is 0.908. The van der Waals surface area contributed by atoms with Crippen molar-refractivity contribution in [2.45, 2.75) is 26.3 Å². The highest BCUT2D eigenvalue weighted by atomic mass is 16.5. The van der Waals surface area contributed by atoms with Gasteiger partial charge in [-0.15, -0.1) is 0 Å². The molecule has 5 nitrogen and oxygen atoms in total. The molecule has 0 saturated carbocycles. The van der Waals surface area contributed by atoms with Crippen molar-refractivity contribution in [1.29, 1.82) is 0 Å². The molecule has 0 aliphatic carbocycles. The van der Waals surface area contributed by atoms with Crippen molar-refractivity contribution in [3.8, 4) is 5.75 Å². The number of nitrogens with one attached hydrogen (secondary N) is 1. The molecule has 0 aromatic carbocycles. The Labute approximate surface area is 110 Å². The van der Waals surface area contributed by atoms with E-state index in [4.69, 9.17) is 4.74 Å².